The molecule has 0 aliphatic carbocycles. The molecule has 23 heavy (non-hydrogen) atoms. The van der Waals surface area contributed by atoms with E-state index in [9.17, 15) is 4.79 Å². The summed E-state index contributed by atoms with van der Waals surface area (Å²) in [6.07, 6.45) is 1.49. The molecule has 126 valence electrons. The van der Waals surface area contributed by atoms with Crippen LogP contribution < -0.4 is 10.5 Å². The zero-order valence-electron chi connectivity index (χ0n) is 13.1. The zero-order valence-corrected chi connectivity index (χ0v) is 14.7. The highest BCUT2D eigenvalue weighted by atomic mass is 35.5. The van der Waals surface area contributed by atoms with E-state index in [4.69, 9.17) is 10.5 Å². The van der Waals surface area contributed by atoms with E-state index in [0.29, 0.717) is 31.8 Å². The third kappa shape index (κ3) is 6.17. The molecular formula is C16H22ClN3O2S. The Balaban J connectivity index is 0.00000264. The predicted octanol–water partition coefficient (Wildman–Crippen LogP) is 2.61. The number of carbonyl (C=O) groups excluding carboxylic acids is 1. The molecule has 0 radical (unpaired) electrons. The maximum atomic E-state index is 12.2. The maximum absolute atomic E-state index is 12.2. The Labute approximate surface area is 146 Å². The first-order valence-electron chi connectivity index (χ1n) is 7.28. The summed E-state index contributed by atoms with van der Waals surface area (Å²) in [7, 11) is 1.78. The number of aromatic nitrogens is 1. The van der Waals surface area contributed by atoms with Crippen LogP contribution in [0, 0.1) is 0 Å². The van der Waals surface area contributed by atoms with Gasteiger partial charge in [0.2, 0.25) is 0 Å². The fourth-order valence-electron chi connectivity index (χ4n) is 1.95. The van der Waals surface area contributed by atoms with Gasteiger partial charge in [-0.1, -0.05) is 18.2 Å². The molecule has 1 aromatic carbocycles. The standard InChI is InChI=1S/C16H21N3O2S.ClH/c1-19(10-5-11-21-13-6-3-2-4-7-13)16(20)14-12-22-15(18-14)8-9-17;/h2-4,6-7,12H,5,8-11,17H2,1H3;1H. The normalized spacial score (nSPS) is 10.0. The first kappa shape index (κ1) is 19.4. The number of hydrogen-bond acceptors (Lipinski definition) is 5. The number of thiazole rings is 1. The summed E-state index contributed by atoms with van der Waals surface area (Å²) in [5, 5.41) is 2.70. The second-order valence-electron chi connectivity index (χ2n) is 4.91. The van der Waals surface area contributed by atoms with Crippen LogP contribution in [-0.2, 0) is 6.42 Å². The van der Waals surface area contributed by atoms with Crippen LogP contribution in [0.25, 0.3) is 0 Å². The molecule has 7 heteroatoms. The topological polar surface area (TPSA) is 68.5 Å². The van der Waals surface area contributed by atoms with Gasteiger partial charge in [0.25, 0.3) is 5.91 Å². The third-order valence-electron chi connectivity index (χ3n) is 3.13. The van der Waals surface area contributed by atoms with Crippen molar-refractivity contribution in [3.05, 3.63) is 46.4 Å². The van der Waals surface area contributed by atoms with Crippen molar-refractivity contribution in [3.8, 4) is 5.75 Å². The average Bonchev–Trinajstić information content (AvgIpc) is 3.00. The summed E-state index contributed by atoms with van der Waals surface area (Å²) in [5.74, 6) is 0.793. The maximum Gasteiger partial charge on any atom is 0.273 e. The summed E-state index contributed by atoms with van der Waals surface area (Å²) in [4.78, 5) is 18.2. The Morgan fingerprint density at radius 3 is 2.78 bits per heavy atom. The molecule has 1 amide bonds. The van der Waals surface area contributed by atoms with Crippen molar-refractivity contribution in [3.63, 3.8) is 0 Å². The SMILES string of the molecule is CN(CCCOc1ccccc1)C(=O)c1csc(CCN)n1.Cl. The minimum atomic E-state index is -0.0563. The molecule has 2 N–H and O–H groups in total. The molecule has 0 atom stereocenters. The van der Waals surface area contributed by atoms with Crippen LogP contribution >= 0.6 is 23.7 Å². The summed E-state index contributed by atoms with van der Waals surface area (Å²) in [5.41, 5.74) is 5.99. The van der Waals surface area contributed by atoms with Crippen LogP contribution in [0.15, 0.2) is 35.7 Å². The van der Waals surface area contributed by atoms with Gasteiger partial charge in [-0.05, 0) is 25.1 Å². The summed E-state index contributed by atoms with van der Waals surface area (Å²) in [6.45, 7) is 1.76. The van der Waals surface area contributed by atoms with E-state index in [0.717, 1.165) is 17.2 Å². The Morgan fingerprint density at radius 1 is 1.35 bits per heavy atom. The Hall–Kier alpha value is -1.63. The van der Waals surface area contributed by atoms with Gasteiger partial charge in [-0.2, -0.15) is 0 Å². The highest BCUT2D eigenvalue weighted by Crippen LogP contribution is 2.12. The predicted molar refractivity (Wildman–Crippen MR) is 95.6 cm³/mol. The van der Waals surface area contributed by atoms with E-state index in [1.807, 2.05) is 30.3 Å². The van der Waals surface area contributed by atoms with Crippen molar-refractivity contribution in [2.24, 2.45) is 5.73 Å². The van der Waals surface area contributed by atoms with Crippen molar-refractivity contribution in [1.29, 1.82) is 0 Å². The number of nitrogens with zero attached hydrogens (tertiary/aromatic N) is 2. The fraction of sp³-hybridized carbons (Fsp3) is 0.375. The number of nitrogens with two attached hydrogens (primary N) is 1. The summed E-state index contributed by atoms with van der Waals surface area (Å²) in [6, 6.07) is 9.66. The van der Waals surface area contributed by atoms with Gasteiger partial charge < -0.3 is 15.4 Å². The van der Waals surface area contributed by atoms with Gasteiger partial charge >= 0.3 is 0 Å². The average molecular weight is 356 g/mol. The number of amides is 1. The van der Waals surface area contributed by atoms with Crippen molar-refractivity contribution >= 4 is 29.7 Å². The van der Waals surface area contributed by atoms with Gasteiger partial charge in [-0.25, -0.2) is 4.98 Å². The molecule has 2 rings (SSSR count). The molecule has 1 aromatic heterocycles. The van der Waals surface area contributed by atoms with Crippen molar-refractivity contribution in [1.82, 2.24) is 9.88 Å². The molecule has 0 bridgehead atoms. The number of rotatable bonds is 8. The molecule has 0 fully saturated rings. The number of carbonyl (C=O) groups is 1. The van der Waals surface area contributed by atoms with E-state index in [1.54, 1.807) is 17.3 Å². The van der Waals surface area contributed by atoms with Gasteiger partial charge in [0.15, 0.2) is 0 Å². The second-order valence-corrected chi connectivity index (χ2v) is 5.85. The largest absolute Gasteiger partial charge is 0.494 e. The van der Waals surface area contributed by atoms with Gasteiger partial charge in [0.1, 0.15) is 11.4 Å². The quantitative estimate of drug-likeness (QED) is 0.739. The minimum absolute atomic E-state index is 0. The van der Waals surface area contributed by atoms with Crippen LogP contribution in [-0.4, -0.2) is 42.5 Å². The van der Waals surface area contributed by atoms with Gasteiger partial charge in [-0.3, -0.25) is 4.79 Å². The van der Waals surface area contributed by atoms with Gasteiger partial charge in [-0.15, -0.1) is 23.7 Å². The van der Waals surface area contributed by atoms with E-state index < -0.39 is 0 Å². The van der Waals surface area contributed by atoms with Crippen LogP contribution in [0.4, 0.5) is 0 Å². The fourth-order valence-corrected chi connectivity index (χ4v) is 2.74. The monoisotopic (exact) mass is 355 g/mol. The van der Waals surface area contributed by atoms with E-state index >= 15 is 0 Å². The lowest BCUT2D eigenvalue weighted by atomic mass is 10.3. The number of benzene rings is 1. The molecule has 0 saturated carbocycles. The second kappa shape index (κ2) is 10.2. The van der Waals surface area contributed by atoms with E-state index in [1.165, 1.54) is 11.3 Å². The lowest BCUT2D eigenvalue weighted by molar-refractivity contribution is 0.0782. The minimum Gasteiger partial charge on any atom is -0.494 e. The number of ether oxygens (including phenoxy) is 1. The van der Waals surface area contributed by atoms with Gasteiger partial charge in [0.05, 0.1) is 11.6 Å². The first-order valence-corrected chi connectivity index (χ1v) is 8.16. The van der Waals surface area contributed by atoms with Crippen LogP contribution in [0.5, 0.6) is 5.75 Å². The smallest absolute Gasteiger partial charge is 0.273 e. The molecule has 1 heterocycles. The number of halogens is 1. The molecule has 0 saturated heterocycles. The van der Waals surface area contributed by atoms with Crippen LogP contribution in [0.1, 0.15) is 21.9 Å². The molecule has 0 aliphatic rings. The lowest BCUT2D eigenvalue weighted by Crippen LogP contribution is -2.29. The van der Waals surface area contributed by atoms with E-state index in [2.05, 4.69) is 4.98 Å². The lowest BCUT2D eigenvalue weighted by Gasteiger charge is -2.16. The molecule has 0 unspecified atom stereocenters. The molecule has 2 aromatic rings. The number of para-hydroxylation sites is 1. The molecule has 0 spiro atoms. The molecular weight excluding hydrogens is 334 g/mol. The van der Waals surface area contributed by atoms with Crippen LogP contribution in [0.3, 0.4) is 0 Å². The number of hydrogen-bond donors (Lipinski definition) is 1. The van der Waals surface area contributed by atoms with Gasteiger partial charge in [0, 0.05) is 25.4 Å². The Morgan fingerprint density at radius 2 is 2.09 bits per heavy atom. The summed E-state index contributed by atoms with van der Waals surface area (Å²) < 4.78 is 5.61. The van der Waals surface area contributed by atoms with Crippen LogP contribution in [0.2, 0.25) is 0 Å². The zero-order chi connectivity index (χ0) is 15.8. The highest BCUT2D eigenvalue weighted by Gasteiger charge is 2.14. The Kier molecular flexibility index (Phi) is 8.61. The molecule has 0 aliphatic heterocycles. The van der Waals surface area contributed by atoms with Crippen molar-refractivity contribution in [2.75, 3.05) is 26.7 Å². The first-order chi connectivity index (χ1) is 10.7. The summed E-state index contributed by atoms with van der Waals surface area (Å²) >= 11 is 1.48. The van der Waals surface area contributed by atoms with Crippen molar-refractivity contribution in [2.45, 2.75) is 12.8 Å². The van der Waals surface area contributed by atoms with Crippen molar-refractivity contribution < 1.29 is 9.53 Å². The van der Waals surface area contributed by atoms with E-state index in [-0.39, 0.29) is 18.3 Å². The molecule has 5 nitrogen and oxygen atoms in total. The third-order valence-corrected chi connectivity index (χ3v) is 4.03. The Bertz CT molecular complexity index is 592. The highest BCUT2D eigenvalue weighted by molar-refractivity contribution is 7.09.